The molecule has 0 aliphatic heterocycles. The number of alkyl halides is 3. The Bertz CT molecular complexity index is 1100. The molecule has 4 rings (SSSR count). The number of carbonyl (C=O) groups excluding carboxylic acids is 1. The van der Waals surface area contributed by atoms with Gasteiger partial charge in [0.15, 0.2) is 5.13 Å². The minimum absolute atomic E-state index is 0.0340. The highest BCUT2D eigenvalue weighted by Crippen LogP contribution is 2.48. The minimum atomic E-state index is -4.62. The third kappa shape index (κ3) is 4.34. The average Bonchev–Trinajstić information content (AvgIpc) is 3.48. The lowest BCUT2D eigenvalue weighted by Gasteiger charge is -2.11. The zero-order valence-corrected chi connectivity index (χ0v) is 18.0. The summed E-state index contributed by atoms with van der Waals surface area (Å²) < 4.78 is 44.7. The standard InChI is InChI=1S/C20H15BrF3N3O2S/c1-29-18(28)14-8-12(20(22,23)24)9-25-17(14)27-19-26-15(16(30-19)11-2-3-11)10-4-6-13(21)7-5-10/h4-9,11H,2-3H2,1H3,(H,25,26,27). The van der Waals surface area contributed by atoms with Gasteiger partial charge in [-0.3, -0.25) is 0 Å². The maximum atomic E-state index is 13.0. The predicted octanol–water partition coefficient (Wildman–Crippen LogP) is 6.39. The number of hydrogen-bond donors (Lipinski definition) is 1. The van der Waals surface area contributed by atoms with Crippen molar-refractivity contribution in [3.05, 3.63) is 57.0 Å². The van der Waals surface area contributed by atoms with Gasteiger partial charge in [-0.05, 0) is 37.0 Å². The Morgan fingerprint density at radius 3 is 2.57 bits per heavy atom. The van der Waals surface area contributed by atoms with Gasteiger partial charge in [-0.1, -0.05) is 28.1 Å². The quantitative estimate of drug-likeness (QED) is 0.413. The monoisotopic (exact) mass is 497 g/mol. The molecular weight excluding hydrogens is 483 g/mol. The molecule has 0 saturated heterocycles. The average molecular weight is 498 g/mol. The topological polar surface area (TPSA) is 64.1 Å². The number of anilines is 2. The zero-order chi connectivity index (χ0) is 21.5. The van der Waals surface area contributed by atoms with Crippen LogP contribution >= 0.6 is 27.3 Å². The number of methoxy groups -OCH3 is 1. The third-order valence-electron chi connectivity index (χ3n) is 4.56. The van der Waals surface area contributed by atoms with Crippen LogP contribution in [0, 0.1) is 0 Å². The third-order valence-corrected chi connectivity index (χ3v) is 6.23. The van der Waals surface area contributed by atoms with E-state index >= 15 is 0 Å². The maximum Gasteiger partial charge on any atom is 0.417 e. The Labute approximate surface area is 182 Å². The molecule has 0 unspecified atom stereocenters. The van der Waals surface area contributed by atoms with Crippen molar-refractivity contribution < 1.29 is 22.7 Å². The first-order valence-corrected chi connectivity index (χ1v) is 10.6. The second-order valence-electron chi connectivity index (χ2n) is 6.75. The van der Waals surface area contributed by atoms with Gasteiger partial charge in [0.05, 0.1) is 18.4 Å². The summed E-state index contributed by atoms with van der Waals surface area (Å²) in [7, 11) is 1.10. The van der Waals surface area contributed by atoms with Crippen molar-refractivity contribution >= 4 is 44.2 Å². The van der Waals surface area contributed by atoms with E-state index in [1.54, 1.807) is 0 Å². The Morgan fingerprint density at radius 1 is 1.27 bits per heavy atom. The second-order valence-corrected chi connectivity index (χ2v) is 8.69. The molecule has 1 N–H and O–H groups in total. The SMILES string of the molecule is COC(=O)c1cc(C(F)(F)F)cnc1Nc1nc(-c2ccc(Br)cc2)c(C2CC2)s1. The highest BCUT2D eigenvalue weighted by Gasteiger charge is 2.33. The zero-order valence-electron chi connectivity index (χ0n) is 15.6. The molecule has 1 aliphatic carbocycles. The van der Waals surface area contributed by atoms with E-state index in [4.69, 9.17) is 0 Å². The summed E-state index contributed by atoms with van der Waals surface area (Å²) in [5.74, 6) is -0.533. The van der Waals surface area contributed by atoms with Crippen molar-refractivity contribution in [1.29, 1.82) is 0 Å². The molecule has 0 spiro atoms. The molecule has 1 aromatic carbocycles. The lowest BCUT2D eigenvalue weighted by Crippen LogP contribution is -2.12. The van der Waals surface area contributed by atoms with Crippen LogP contribution in [0.2, 0.25) is 0 Å². The lowest BCUT2D eigenvalue weighted by molar-refractivity contribution is -0.137. The van der Waals surface area contributed by atoms with Gasteiger partial charge in [0, 0.05) is 21.1 Å². The van der Waals surface area contributed by atoms with Crippen molar-refractivity contribution in [2.45, 2.75) is 24.9 Å². The van der Waals surface area contributed by atoms with Gasteiger partial charge < -0.3 is 10.1 Å². The Morgan fingerprint density at radius 2 is 1.97 bits per heavy atom. The summed E-state index contributed by atoms with van der Waals surface area (Å²) in [6.45, 7) is 0. The van der Waals surface area contributed by atoms with Crippen LogP contribution in [-0.4, -0.2) is 23.0 Å². The van der Waals surface area contributed by atoms with Crippen molar-refractivity contribution in [3.8, 4) is 11.3 Å². The number of thiazole rings is 1. The van der Waals surface area contributed by atoms with Gasteiger partial charge in [-0.2, -0.15) is 13.2 Å². The summed E-state index contributed by atoms with van der Waals surface area (Å²) in [5.41, 5.74) is 0.435. The van der Waals surface area contributed by atoms with E-state index in [9.17, 15) is 18.0 Å². The number of benzene rings is 1. The lowest BCUT2D eigenvalue weighted by atomic mass is 10.1. The van der Waals surface area contributed by atoms with Crippen LogP contribution in [0.15, 0.2) is 41.0 Å². The summed E-state index contributed by atoms with van der Waals surface area (Å²) in [5, 5.41) is 3.36. The molecule has 10 heteroatoms. The van der Waals surface area contributed by atoms with E-state index in [-0.39, 0.29) is 11.4 Å². The van der Waals surface area contributed by atoms with Gasteiger partial charge in [-0.15, -0.1) is 11.3 Å². The van der Waals surface area contributed by atoms with E-state index in [0.29, 0.717) is 17.2 Å². The minimum Gasteiger partial charge on any atom is -0.465 e. The predicted molar refractivity (Wildman–Crippen MR) is 111 cm³/mol. The van der Waals surface area contributed by atoms with Crippen LogP contribution in [0.4, 0.5) is 24.1 Å². The van der Waals surface area contributed by atoms with Crippen molar-refractivity contribution in [3.63, 3.8) is 0 Å². The molecule has 156 valence electrons. The van der Waals surface area contributed by atoms with Gasteiger partial charge in [0.25, 0.3) is 0 Å². The molecule has 1 aliphatic rings. The summed E-state index contributed by atoms with van der Waals surface area (Å²) in [6, 6.07) is 8.47. The second kappa shape index (κ2) is 7.99. The number of hydrogen-bond acceptors (Lipinski definition) is 6. The molecule has 0 amide bonds. The van der Waals surface area contributed by atoms with Crippen LogP contribution in [0.3, 0.4) is 0 Å². The Kier molecular flexibility index (Phi) is 5.54. The Balaban J connectivity index is 1.71. The number of aromatic nitrogens is 2. The van der Waals surface area contributed by atoms with Gasteiger partial charge in [-0.25, -0.2) is 14.8 Å². The molecule has 0 bridgehead atoms. The molecule has 0 atom stereocenters. The van der Waals surface area contributed by atoms with Gasteiger partial charge in [0.1, 0.15) is 11.4 Å². The van der Waals surface area contributed by atoms with Crippen LogP contribution in [0.1, 0.15) is 39.6 Å². The van der Waals surface area contributed by atoms with E-state index < -0.39 is 17.7 Å². The van der Waals surface area contributed by atoms with Crippen LogP contribution < -0.4 is 5.32 Å². The molecule has 1 saturated carbocycles. The summed E-state index contributed by atoms with van der Waals surface area (Å²) in [6.07, 6.45) is -1.81. The number of esters is 1. The van der Waals surface area contributed by atoms with Crippen LogP contribution in [-0.2, 0) is 10.9 Å². The summed E-state index contributed by atoms with van der Waals surface area (Å²) >= 11 is 4.83. The van der Waals surface area contributed by atoms with E-state index in [0.717, 1.165) is 46.6 Å². The Hall–Kier alpha value is -2.46. The molecule has 2 heterocycles. The summed E-state index contributed by atoms with van der Waals surface area (Å²) in [4.78, 5) is 21.6. The van der Waals surface area contributed by atoms with Gasteiger partial charge >= 0.3 is 12.1 Å². The number of halogens is 4. The highest BCUT2D eigenvalue weighted by atomic mass is 79.9. The normalized spacial score (nSPS) is 13.9. The van der Waals surface area contributed by atoms with Gasteiger partial charge in [0.2, 0.25) is 0 Å². The molecule has 0 radical (unpaired) electrons. The maximum absolute atomic E-state index is 13.0. The molecule has 3 aromatic rings. The van der Waals surface area contributed by atoms with E-state index in [2.05, 4.69) is 36.0 Å². The van der Waals surface area contributed by atoms with Crippen molar-refractivity contribution in [2.75, 3.05) is 12.4 Å². The van der Waals surface area contributed by atoms with Crippen molar-refractivity contribution in [2.24, 2.45) is 0 Å². The number of pyridine rings is 1. The molecule has 30 heavy (non-hydrogen) atoms. The molecule has 1 fully saturated rings. The largest absolute Gasteiger partial charge is 0.465 e. The number of rotatable bonds is 5. The van der Waals surface area contributed by atoms with Crippen LogP contribution in [0.5, 0.6) is 0 Å². The number of nitrogens with one attached hydrogen (secondary N) is 1. The molecular formula is C20H15BrF3N3O2S. The fourth-order valence-corrected chi connectivity index (χ4v) is 4.33. The first-order valence-electron chi connectivity index (χ1n) is 8.95. The van der Waals surface area contributed by atoms with E-state index in [1.807, 2.05) is 24.3 Å². The molecule has 5 nitrogen and oxygen atoms in total. The fourth-order valence-electron chi connectivity index (χ4n) is 2.91. The van der Waals surface area contributed by atoms with Crippen LogP contribution in [0.25, 0.3) is 11.3 Å². The first kappa shape index (κ1) is 20.8. The highest BCUT2D eigenvalue weighted by molar-refractivity contribution is 9.10. The molecule has 2 aromatic heterocycles. The first-order chi connectivity index (χ1) is 14.3. The fraction of sp³-hybridized carbons (Fsp3) is 0.250. The van der Waals surface area contributed by atoms with E-state index in [1.165, 1.54) is 11.3 Å². The van der Waals surface area contributed by atoms with Crippen molar-refractivity contribution in [1.82, 2.24) is 9.97 Å². The number of nitrogens with zero attached hydrogens (tertiary/aromatic N) is 2. The number of ether oxygens (including phenoxy) is 1. The smallest absolute Gasteiger partial charge is 0.417 e. The number of carbonyl (C=O) groups is 1.